The lowest BCUT2D eigenvalue weighted by molar-refractivity contribution is -0.125. The summed E-state index contributed by atoms with van der Waals surface area (Å²) in [6.07, 6.45) is 7.60. The molecular weight excluding hydrogens is 418 g/mol. The maximum absolute atomic E-state index is 13.4. The van der Waals surface area contributed by atoms with Crippen molar-refractivity contribution < 1.29 is 14.4 Å². The van der Waals surface area contributed by atoms with Gasteiger partial charge >= 0.3 is 0 Å². The molecule has 3 amide bonds. The van der Waals surface area contributed by atoms with Gasteiger partial charge in [-0.3, -0.25) is 19.3 Å². The molecular formula is C25H37N5O3. The first-order valence-electron chi connectivity index (χ1n) is 12.4. The number of benzene rings is 1. The van der Waals surface area contributed by atoms with Crippen LogP contribution < -0.4 is 15.1 Å². The average Bonchev–Trinajstić information content (AvgIpc) is 2.84. The fourth-order valence-electron chi connectivity index (χ4n) is 5.23. The standard InChI is InChI=1S/C25H37N5O3/c1-27(2)24(32)19-10-11-20-22(17-19)30(25(33)21-9-4-7-16-29(20)21)18-23(31)26-12-8-15-28-13-5-3-6-14-28/h10-11,17,21H,3-9,12-16,18H2,1-2H3,(H,26,31)/t21-/m0/s1. The molecule has 8 nitrogen and oxygen atoms in total. The number of fused-ring (bicyclic) bond motifs is 3. The van der Waals surface area contributed by atoms with Crippen LogP contribution in [0.4, 0.5) is 11.4 Å². The smallest absolute Gasteiger partial charge is 0.253 e. The summed E-state index contributed by atoms with van der Waals surface area (Å²) in [4.78, 5) is 46.5. The Hall–Kier alpha value is -2.61. The first-order chi connectivity index (χ1) is 16.0. The van der Waals surface area contributed by atoms with Crippen LogP contribution in [0.2, 0.25) is 0 Å². The summed E-state index contributed by atoms with van der Waals surface area (Å²) >= 11 is 0. The molecule has 3 aliphatic heterocycles. The van der Waals surface area contributed by atoms with E-state index in [9.17, 15) is 14.4 Å². The van der Waals surface area contributed by atoms with E-state index in [0.29, 0.717) is 17.8 Å². The molecule has 0 spiro atoms. The van der Waals surface area contributed by atoms with Crippen molar-refractivity contribution in [2.24, 2.45) is 0 Å². The zero-order valence-electron chi connectivity index (χ0n) is 20.0. The van der Waals surface area contributed by atoms with E-state index >= 15 is 0 Å². The normalized spacial score (nSPS) is 20.8. The van der Waals surface area contributed by atoms with Crippen LogP contribution >= 0.6 is 0 Å². The summed E-state index contributed by atoms with van der Waals surface area (Å²) in [6, 6.07) is 5.29. The van der Waals surface area contributed by atoms with E-state index in [4.69, 9.17) is 0 Å². The van der Waals surface area contributed by atoms with Crippen LogP contribution in [-0.4, -0.2) is 86.9 Å². The highest BCUT2D eigenvalue weighted by Crippen LogP contribution is 2.40. The average molecular weight is 456 g/mol. The van der Waals surface area contributed by atoms with Gasteiger partial charge in [0.25, 0.3) is 5.91 Å². The molecule has 1 aromatic rings. The predicted molar refractivity (Wildman–Crippen MR) is 130 cm³/mol. The predicted octanol–water partition coefficient (Wildman–Crippen LogP) is 2.09. The summed E-state index contributed by atoms with van der Waals surface area (Å²) in [5.74, 6) is -0.310. The second-order valence-corrected chi connectivity index (χ2v) is 9.64. The van der Waals surface area contributed by atoms with E-state index in [1.165, 1.54) is 24.2 Å². The number of nitrogens with one attached hydrogen (secondary N) is 1. The fraction of sp³-hybridized carbons (Fsp3) is 0.640. The van der Waals surface area contributed by atoms with Crippen molar-refractivity contribution >= 4 is 29.1 Å². The Kier molecular flexibility index (Phi) is 7.53. The molecule has 3 heterocycles. The maximum atomic E-state index is 13.4. The van der Waals surface area contributed by atoms with Crippen LogP contribution in [-0.2, 0) is 9.59 Å². The lowest BCUT2D eigenvalue weighted by atomic mass is 9.95. The van der Waals surface area contributed by atoms with Gasteiger partial charge in [-0.25, -0.2) is 0 Å². The molecule has 2 saturated heterocycles. The quantitative estimate of drug-likeness (QED) is 0.637. The van der Waals surface area contributed by atoms with Crippen molar-refractivity contribution in [1.29, 1.82) is 0 Å². The molecule has 3 aliphatic rings. The van der Waals surface area contributed by atoms with E-state index in [1.807, 2.05) is 12.1 Å². The van der Waals surface area contributed by atoms with E-state index in [1.54, 1.807) is 25.1 Å². The molecule has 0 radical (unpaired) electrons. The molecule has 0 aliphatic carbocycles. The molecule has 1 aromatic carbocycles. The maximum Gasteiger partial charge on any atom is 0.253 e. The van der Waals surface area contributed by atoms with E-state index in [-0.39, 0.29) is 30.3 Å². The van der Waals surface area contributed by atoms with Crippen molar-refractivity contribution in [3.8, 4) is 0 Å². The highest BCUT2D eigenvalue weighted by atomic mass is 16.2. The first-order valence-corrected chi connectivity index (χ1v) is 12.4. The second kappa shape index (κ2) is 10.5. The molecule has 8 heteroatoms. The molecule has 0 bridgehead atoms. The minimum absolute atomic E-state index is 0.0144. The van der Waals surface area contributed by atoms with Crippen LogP contribution in [0.15, 0.2) is 18.2 Å². The number of rotatable bonds is 7. The van der Waals surface area contributed by atoms with Crippen LogP contribution in [0.1, 0.15) is 55.3 Å². The summed E-state index contributed by atoms with van der Waals surface area (Å²) in [6.45, 7) is 4.72. The Bertz CT molecular complexity index is 881. The Balaban J connectivity index is 1.45. The summed E-state index contributed by atoms with van der Waals surface area (Å²) < 4.78 is 0. The minimum Gasteiger partial charge on any atom is -0.358 e. The van der Waals surface area contributed by atoms with E-state index in [2.05, 4.69) is 15.1 Å². The number of carbonyl (C=O) groups is 3. The lowest BCUT2D eigenvalue weighted by Gasteiger charge is -2.45. The fourth-order valence-corrected chi connectivity index (χ4v) is 5.23. The molecule has 0 unspecified atom stereocenters. The number of amides is 3. The molecule has 2 fully saturated rings. The zero-order valence-corrected chi connectivity index (χ0v) is 20.0. The van der Waals surface area contributed by atoms with Gasteiger partial charge in [0.15, 0.2) is 0 Å². The molecule has 1 N–H and O–H groups in total. The van der Waals surface area contributed by atoms with Crippen LogP contribution in [0, 0.1) is 0 Å². The number of hydrogen-bond donors (Lipinski definition) is 1. The number of anilines is 2. The van der Waals surface area contributed by atoms with Crippen molar-refractivity contribution in [1.82, 2.24) is 15.1 Å². The molecule has 33 heavy (non-hydrogen) atoms. The molecule has 0 saturated carbocycles. The van der Waals surface area contributed by atoms with Crippen molar-refractivity contribution in [3.63, 3.8) is 0 Å². The van der Waals surface area contributed by atoms with Gasteiger partial charge in [0, 0.05) is 32.7 Å². The van der Waals surface area contributed by atoms with Gasteiger partial charge in [-0.05, 0) is 76.4 Å². The van der Waals surface area contributed by atoms with Gasteiger partial charge in [0.1, 0.15) is 12.6 Å². The number of hydrogen-bond acceptors (Lipinski definition) is 5. The second-order valence-electron chi connectivity index (χ2n) is 9.64. The van der Waals surface area contributed by atoms with Gasteiger partial charge in [-0.2, -0.15) is 0 Å². The van der Waals surface area contributed by atoms with Crippen LogP contribution in [0.5, 0.6) is 0 Å². The lowest BCUT2D eigenvalue weighted by Crippen LogP contribution is -2.57. The van der Waals surface area contributed by atoms with Crippen LogP contribution in [0.3, 0.4) is 0 Å². The highest BCUT2D eigenvalue weighted by Gasteiger charge is 2.40. The summed E-state index contributed by atoms with van der Waals surface area (Å²) in [5.41, 5.74) is 2.12. The number of likely N-dealkylation sites (tertiary alicyclic amines) is 1. The van der Waals surface area contributed by atoms with Gasteiger partial charge in [-0.15, -0.1) is 0 Å². The van der Waals surface area contributed by atoms with Crippen molar-refractivity contribution in [3.05, 3.63) is 23.8 Å². The third kappa shape index (κ3) is 5.32. The van der Waals surface area contributed by atoms with Crippen molar-refractivity contribution in [2.45, 2.75) is 51.0 Å². The third-order valence-electron chi connectivity index (χ3n) is 7.01. The summed E-state index contributed by atoms with van der Waals surface area (Å²) in [7, 11) is 3.42. The Morgan fingerprint density at radius 1 is 1.03 bits per heavy atom. The number of nitrogens with zero attached hydrogens (tertiary/aromatic N) is 4. The monoisotopic (exact) mass is 455 g/mol. The molecule has 0 aromatic heterocycles. The zero-order chi connectivity index (χ0) is 23.4. The first kappa shape index (κ1) is 23.5. The van der Waals surface area contributed by atoms with Gasteiger partial charge in [0.05, 0.1) is 11.4 Å². The minimum atomic E-state index is -0.228. The topological polar surface area (TPSA) is 76.2 Å². The Labute approximate surface area is 196 Å². The Morgan fingerprint density at radius 2 is 1.79 bits per heavy atom. The highest BCUT2D eigenvalue weighted by molar-refractivity contribution is 6.09. The SMILES string of the molecule is CN(C)C(=O)c1ccc2c(c1)N(CC(=O)NCCCN1CCCCC1)C(=O)[C@@H]1CCCCN21. The van der Waals surface area contributed by atoms with Gasteiger partial charge in [-0.1, -0.05) is 6.42 Å². The van der Waals surface area contributed by atoms with Crippen LogP contribution in [0.25, 0.3) is 0 Å². The van der Waals surface area contributed by atoms with E-state index < -0.39 is 0 Å². The van der Waals surface area contributed by atoms with Crippen molar-refractivity contribution in [2.75, 3.05) is 63.2 Å². The largest absolute Gasteiger partial charge is 0.358 e. The molecule has 1 atom stereocenters. The third-order valence-corrected chi connectivity index (χ3v) is 7.01. The van der Waals surface area contributed by atoms with Gasteiger partial charge in [0.2, 0.25) is 11.8 Å². The number of carbonyl (C=O) groups excluding carboxylic acids is 3. The number of piperidine rings is 2. The van der Waals surface area contributed by atoms with E-state index in [0.717, 1.165) is 57.5 Å². The van der Waals surface area contributed by atoms with Gasteiger partial charge < -0.3 is 20.0 Å². The Morgan fingerprint density at radius 3 is 2.55 bits per heavy atom. The summed E-state index contributed by atoms with van der Waals surface area (Å²) in [5, 5.41) is 3.00. The molecule has 4 rings (SSSR count). The molecule has 180 valence electrons.